The van der Waals surface area contributed by atoms with Gasteiger partial charge < -0.3 is 14.4 Å². The molecular weight excluding hydrogens is 407 g/mol. The number of piperazine rings is 1. The maximum absolute atomic E-state index is 13.1. The molecule has 1 amide bonds. The minimum atomic E-state index is -0.222. The van der Waals surface area contributed by atoms with E-state index in [9.17, 15) is 9.18 Å². The van der Waals surface area contributed by atoms with Crippen LogP contribution in [-0.4, -0.2) is 49.0 Å². The van der Waals surface area contributed by atoms with Gasteiger partial charge in [0, 0.05) is 38.3 Å². The number of benzene rings is 3. The lowest BCUT2D eigenvalue weighted by atomic mass is 10.1. The van der Waals surface area contributed by atoms with Crippen molar-refractivity contribution in [1.82, 2.24) is 9.80 Å². The molecule has 0 bridgehead atoms. The Bertz CT molecular complexity index is 1050. The minimum absolute atomic E-state index is 0.0329. The number of methoxy groups -OCH3 is 1. The van der Waals surface area contributed by atoms with E-state index in [0.717, 1.165) is 30.8 Å². The van der Waals surface area contributed by atoms with Gasteiger partial charge in [-0.25, -0.2) is 4.39 Å². The highest BCUT2D eigenvalue weighted by Gasteiger charge is 2.22. The van der Waals surface area contributed by atoms with Gasteiger partial charge in [-0.1, -0.05) is 36.4 Å². The van der Waals surface area contributed by atoms with Gasteiger partial charge in [0.2, 0.25) is 0 Å². The Hall–Kier alpha value is -3.38. The molecular formula is C26H27FN2O3. The van der Waals surface area contributed by atoms with Gasteiger partial charge >= 0.3 is 0 Å². The fraction of sp³-hybridized carbons (Fsp3) is 0.269. The molecule has 1 heterocycles. The Morgan fingerprint density at radius 3 is 2.31 bits per heavy atom. The van der Waals surface area contributed by atoms with Crippen LogP contribution in [0.15, 0.2) is 72.8 Å². The van der Waals surface area contributed by atoms with Crippen molar-refractivity contribution in [2.24, 2.45) is 0 Å². The third kappa shape index (κ3) is 5.45. The molecule has 0 spiro atoms. The Labute approximate surface area is 188 Å². The van der Waals surface area contributed by atoms with Gasteiger partial charge in [0.25, 0.3) is 5.91 Å². The summed E-state index contributed by atoms with van der Waals surface area (Å²) in [6.45, 7) is 4.04. The number of ether oxygens (including phenoxy) is 2. The molecule has 0 aromatic heterocycles. The number of rotatable bonds is 7. The summed E-state index contributed by atoms with van der Waals surface area (Å²) in [6, 6.07) is 21.7. The third-order valence-corrected chi connectivity index (χ3v) is 5.62. The molecule has 6 heteroatoms. The van der Waals surface area contributed by atoms with E-state index >= 15 is 0 Å². The van der Waals surface area contributed by atoms with Crippen molar-refractivity contribution in [3.05, 3.63) is 95.3 Å². The van der Waals surface area contributed by atoms with E-state index < -0.39 is 0 Å². The van der Waals surface area contributed by atoms with E-state index in [1.807, 2.05) is 65.6 Å². The molecule has 0 aliphatic carbocycles. The van der Waals surface area contributed by atoms with Gasteiger partial charge in [-0.3, -0.25) is 9.69 Å². The molecule has 0 saturated carbocycles. The van der Waals surface area contributed by atoms with E-state index in [4.69, 9.17) is 9.47 Å². The second kappa shape index (κ2) is 10.3. The van der Waals surface area contributed by atoms with Crippen LogP contribution in [0.3, 0.4) is 0 Å². The fourth-order valence-corrected chi connectivity index (χ4v) is 3.83. The van der Waals surface area contributed by atoms with Crippen LogP contribution in [0.2, 0.25) is 0 Å². The quantitative estimate of drug-likeness (QED) is 0.554. The molecule has 1 aliphatic heterocycles. The zero-order valence-corrected chi connectivity index (χ0v) is 18.2. The minimum Gasteiger partial charge on any atom is -0.493 e. The molecule has 3 aromatic carbocycles. The number of para-hydroxylation sites is 2. The first kappa shape index (κ1) is 21.8. The normalized spacial score (nSPS) is 14.2. The van der Waals surface area contributed by atoms with Crippen LogP contribution in [0, 0.1) is 5.82 Å². The standard InChI is InChI=1S/C26H27FN2O3/c1-31-24-7-2-3-8-25(24)32-19-21-5-4-6-22(17-21)26(30)29-15-13-28(14-16-29)18-20-9-11-23(27)12-10-20/h2-12,17H,13-16,18-19H2,1H3. The first-order valence-electron chi connectivity index (χ1n) is 10.7. The summed E-state index contributed by atoms with van der Waals surface area (Å²) in [5, 5.41) is 0. The van der Waals surface area contributed by atoms with Crippen molar-refractivity contribution >= 4 is 5.91 Å². The van der Waals surface area contributed by atoms with Gasteiger partial charge in [0.15, 0.2) is 11.5 Å². The zero-order chi connectivity index (χ0) is 22.3. The number of carbonyl (C=O) groups is 1. The molecule has 5 nitrogen and oxygen atoms in total. The molecule has 1 aliphatic rings. The number of carbonyl (C=O) groups excluding carboxylic acids is 1. The lowest BCUT2D eigenvalue weighted by Gasteiger charge is -2.34. The first-order chi connectivity index (χ1) is 15.6. The second-order valence-corrected chi connectivity index (χ2v) is 7.83. The molecule has 3 aromatic rings. The Morgan fingerprint density at radius 2 is 1.59 bits per heavy atom. The third-order valence-electron chi connectivity index (χ3n) is 5.62. The van der Waals surface area contributed by atoms with E-state index in [1.54, 1.807) is 7.11 Å². The number of halogens is 1. The van der Waals surface area contributed by atoms with E-state index in [0.29, 0.717) is 36.8 Å². The Balaban J connectivity index is 1.32. The fourth-order valence-electron chi connectivity index (χ4n) is 3.83. The van der Waals surface area contributed by atoms with Gasteiger partial charge in [-0.15, -0.1) is 0 Å². The van der Waals surface area contributed by atoms with Crippen molar-refractivity contribution in [2.45, 2.75) is 13.2 Å². The van der Waals surface area contributed by atoms with Crippen LogP contribution >= 0.6 is 0 Å². The smallest absolute Gasteiger partial charge is 0.253 e. The lowest BCUT2D eigenvalue weighted by Crippen LogP contribution is -2.48. The number of hydrogen-bond donors (Lipinski definition) is 0. The molecule has 1 fully saturated rings. The predicted molar refractivity (Wildman–Crippen MR) is 121 cm³/mol. The van der Waals surface area contributed by atoms with Gasteiger partial charge in [-0.05, 0) is 47.5 Å². The van der Waals surface area contributed by atoms with Crippen LogP contribution < -0.4 is 9.47 Å². The maximum Gasteiger partial charge on any atom is 0.253 e. The Kier molecular flexibility index (Phi) is 7.02. The Morgan fingerprint density at radius 1 is 0.875 bits per heavy atom. The highest BCUT2D eigenvalue weighted by Crippen LogP contribution is 2.26. The van der Waals surface area contributed by atoms with Crippen molar-refractivity contribution in [3.63, 3.8) is 0 Å². The highest BCUT2D eigenvalue weighted by atomic mass is 19.1. The molecule has 1 saturated heterocycles. The lowest BCUT2D eigenvalue weighted by molar-refractivity contribution is 0.0628. The average molecular weight is 435 g/mol. The summed E-state index contributed by atoms with van der Waals surface area (Å²) in [7, 11) is 1.61. The number of amides is 1. The van der Waals surface area contributed by atoms with Crippen molar-refractivity contribution < 1.29 is 18.7 Å². The number of hydrogen-bond acceptors (Lipinski definition) is 4. The summed E-state index contributed by atoms with van der Waals surface area (Å²) >= 11 is 0. The molecule has 0 N–H and O–H groups in total. The summed E-state index contributed by atoms with van der Waals surface area (Å²) in [5.74, 6) is 1.16. The van der Waals surface area contributed by atoms with Crippen LogP contribution in [0.4, 0.5) is 4.39 Å². The van der Waals surface area contributed by atoms with Crippen LogP contribution in [0.1, 0.15) is 21.5 Å². The van der Waals surface area contributed by atoms with Crippen molar-refractivity contribution in [2.75, 3.05) is 33.3 Å². The van der Waals surface area contributed by atoms with E-state index in [2.05, 4.69) is 4.90 Å². The summed E-state index contributed by atoms with van der Waals surface area (Å²) < 4.78 is 24.3. The SMILES string of the molecule is COc1ccccc1OCc1cccc(C(=O)N2CCN(Cc3ccc(F)cc3)CC2)c1. The van der Waals surface area contributed by atoms with Crippen molar-refractivity contribution in [1.29, 1.82) is 0 Å². The maximum atomic E-state index is 13.1. The van der Waals surface area contributed by atoms with Gasteiger partial charge in [0.05, 0.1) is 7.11 Å². The molecule has 32 heavy (non-hydrogen) atoms. The zero-order valence-electron chi connectivity index (χ0n) is 18.2. The van der Waals surface area contributed by atoms with Crippen LogP contribution in [0.25, 0.3) is 0 Å². The molecule has 0 atom stereocenters. The highest BCUT2D eigenvalue weighted by molar-refractivity contribution is 5.94. The predicted octanol–water partition coefficient (Wildman–Crippen LogP) is 4.37. The largest absolute Gasteiger partial charge is 0.493 e. The second-order valence-electron chi connectivity index (χ2n) is 7.83. The summed E-state index contributed by atoms with van der Waals surface area (Å²) in [5.41, 5.74) is 2.67. The van der Waals surface area contributed by atoms with E-state index in [1.165, 1.54) is 12.1 Å². The molecule has 0 unspecified atom stereocenters. The first-order valence-corrected chi connectivity index (χ1v) is 10.7. The summed E-state index contributed by atoms with van der Waals surface area (Å²) in [6.07, 6.45) is 0. The monoisotopic (exact) mass is 434 g/mol. The topological polar surface area (TPSA) is 42.0 Å². The molecule has 166 valence electrons. The average Bonchev–Trinajstić information content (AvgIpc) is 2.84. The van der Waals surface area contributed by atoms with Crippen LogP contribution in [0.5, 0.6) is 11.5 Å². The van der Waals surface area contributed by atoms with E-state index in [-0.39, 0.29) is 11.7 Å². The summed E-state index contributed by atoms with van der Waals surface area (Å²) in [4.78, 5) is 17.2. The number of nitrogens with zero attached hydrogens (tertiary/aromatic N) is 2. The van der Waals surface area contributed by atoms with Crippen molar-refractivity contribution in [3.8, 4) is 11.5 Å². The van der Waals surface area contributed by atoms with Gasteiger partial charge in [-0.2, -0.15) is 0 Å². The molecule has 4 rings (SSSR count). The van der Waals surface area contributed by atoms with Crippen LogP contribution in [-0.2, 0) is 13.2 Å². The molecule has 0 radical (unpaired) electrons. The van der Waals surface area contributed by atoms with Gasteiger partial charge in [0.1, 0.15) is 12.4 Å².